The third-order valence-electron chi connectivity index (χ3n) is 13.4. The molecule has 0 aliphatic carbocycles. The Hall–Kier alpha value is -6.19. The number of aliphatic hydroxyl groups excluding tert-OH is 1. The molecule has 5 aliphatic rings. The fourth-order valence-electron chi connectivity index (χ4n) is 9.65. The summed E-state index contributed by atoms with van der Waals surface area (Å²) in [5.74, 6) is 1.08. The summed E-state index contributed by atoms with van der Waals surface area (Å²) in [5, 5.41) is 15.5. The maximum Gasteiger partial charge on any atom is 0.272 e. The molecular formula is C59H61BrCl4N8O4. The van der Waals surface area contributed by atoms with Crippen molar-refractivity contribution in [1.29, 1.82) is 0 Å². The van der Waals surface area contributed by atoms with Gasteiger partial charge in [-0.15, -0.1) is 0 Å². The quantitative estimate of drug-likeness (QED) is 0.113. The van der Waals surface area contributed by atoms with Crippen LogP contribution in [0.25, 0.3) is 0 Å². The maximum absolute atomic E-state index is 12.0. The molecule has 8 heterocycles. The van der Waals surface area contributed by atoms with Gasteiger partial charge in [0.1, 0.15) is 32.0 Å². The van der Waals surface area contributed by atoms with Gasteiger partial charge in [0.15, 0.2) is 6.23 Å². The Morgan fingerprint density at radius 1 is 0.566 bits per heavy atom. The van der Waals surface area contributed by atoms with Crippen LogP contribution in [0.3, 0.4) is 0 Å². The zero-order valence-corrected chi connectivity index (χ0v) is 47.3. The second-order valence-electron chi connectivity index (χ2n) is 18.2. The van der Waals surface area contributed by atoms with E-state index >= 15 is 0 Å². The van der Waals surface area contributed by atoms with Crippen LogP contribution < -0.4 is 35.0 Å². The number of aryl methyl sites for hydroxylation is 4. The van der Waals surface area contributed by atoms with Gasteiger partial charge in [-0.05, 0) is 162 Å². The van der Waals surface area contributed by atoms with Crippen molar-refractivity contribution < 1.29 is 14.6 Å². The smallest absolute Gasteiger partial charge is 0.272 e. The first kappa shape index (κ1) is 56.0. The molecule has 1 atom stereocenters. The number of nitrogens with one attached hydrogen (secondary N) is 2. The number of likely N-dealkylation sites (N-methyl/N-ethyl adjacent to an activating group) is 1. The monoisotopic (exact) mass is 1160 g/mol. The molecular weight excluding hydrogens is 1110 g/mol. The van der Waals surface area contributed by atoms with Crippen molar-refractivity contribution in [3.05, 3.63) is 209 Å². The normalized spacial score (nSPS) is 15.9. The summed E-state index contributed by atoms with van der Waals surface area (Å²) < 4.78 is 11.0. The second kappa shape index (κ2) is 27.2. The zero-order valence-electron chi connectivity index (χ0n) is 42.7. The highest BCUT2D eigenvalue weighted by Crippen LogP contribution is 2.39. The number of hydrogen-bond donors (Lipinski definition) is 3. The van der Waals surface area contributed by atoms with Crippen LogP contribution in [0.2, 0.25) is 15.5 Å². The molecule has 12 rings (SSSR count). The first-order valence-corrected chi connectivity index (χ1v) is 27.6. The van der Waals surface area contributed by atoms with Crippen LogP contribution >= 0.6 is 62.3 Å². The molecule has 0 bridgehead atoms. The van der Waals surface area contributed by atoms with E-state index in [9.17, 15) is 9.90 Å². The van der Waals surface area contributed by atoms with Crippen LogP contribution in [0.15, 0.2) is 166 Å². The number of aromatic amines is 1. The summed E-state index contributed by atoms with van der Waals surface area (Å²) in [6.45, 7) is 3.90. The summed E-state index contributed by atoms with van der Waals surface area (Å²) in [6, 6.07) is 44.3. The lowest BCUT2D eigenvalue weighted by Gasteiger charge is -2.39. The molecule has 1 unspecified atom stereocenters. The van der Waals surface area contributed by atoms with Gasteiger partial charge in [-0.2, -0.15) is 4.98 Å². The number of allylic oxidation sites excluding steroid dienone is 2. The molecule has 76 heavy (non-hydrogen) atoms. The number of ether oxygens (including phenoxy) is 2. The van der Waals surface area contributed by atoms with Gasteiger partial charge in [0.25, 0.3) is 5.56 Å². The Morgan fingerprint density at radius 3 is 1.62 bits per heavy atom. The topological polar surface area (TPSA) is 122 Å². The number of para-hydroxylation sites is 4. The van der Waals surface area contributed by atoms with Gasteiger partial charge in [0, 0.05) is 56.0 Å². The van der Waals surface area contributed by atoms with Gasteiger partial charge in [-0.25, -0.2) is 4.98 Å². The van der Waals surface area contributed by atoms with E-state index < -0.39 is 6.23 Å². The van der Waals surface area contributed by atoms with Crippen molar-refractivity contribution >= 4 is 96.5 Å². The number of aliphatic hydroxyl groups is 1. The van der Waals surface area contributed by atoms with Crippen LogP contribution in [-0.2, 0) is 25.7 Å². The van der Waals surface area contributed by atoms with E-state index in [-0.39, 0.29) is 5.56 Å². The molecule has 7 aromatic rings. The molecule has 0 spiro atoms. The van der Waals surface area contributed by atoms with Crippen LogP contribution in [0.4, 0.5) is 34.1 Å². The van der Waals surface area contributed by atoms with Gasteiger partial charge in [-0.3, -0.25) is 4.79 Å². The molecule has 0 saturated heterocycles. The predicted octanol–water partition coefficient (Wildman–Crippen LogP) is 14.2. The van der Waals surface area contributed by atoms with Crippen molar-refractivity contribution in [2.75, 3.05) is 67.5 Å². The Kier molecular flexibility index (Phi) is 20.1. The van der Waals surface area contributed by atoms with Crippen molar-refractivity contribution in [2.24, 2.45) is 0 Å². The number of halogens is 5. The predicted molar refractivity (Wildman–Crippen MR) is 316 cm³/mol. The summed E-state index contributed by atoms with van der Waals surface area (Å²) in [7, 11) is 4.97. The minimum Gasteiger partial charge on any atom is -0.480 e. The Balaban J connectivity index is 0.000000129. The minimum absolute atomic E-state index is 0.140. The summed E-state index contributed by atoms with van der Waals surface area (Å²) in [5.41, 5.74) is 12.7. The van der Waals surface area contributed by atoms with Crippen LogP contribution in [0, 0.1) is 0 Å². The van der Waals surface area contributed by atoms with Gasteiger partial charge >= 0.3 is 0 Å². The number of fused-ring (bicyclic) bond motifs is 4. The lowest BCUT2D eigenvalue weighted by atomic mass is 10.0. The molecule has 0 fully saturated rings. The largest absolute Gasteiger partial charge is 0.480 e. The number of rotatable bonds is 5. The zero-order chi connectivity index (χ0) is 53.6. The Labute approximate surface area is 473 Å². The lowest BCUT2D eigenvalue weighted by molar-refractivity contribution is 0.0793. The summed E-state index contributed by atoms with van der Waals surface area (Å²) in [4.78, 5) is 30.9. The molecule has 0 amide bonds. The highest BCUT2D eigenvalue weighted by Gasteiger charge is 2.29. The number of benzene rings is 4. The van der Waals surface area contributed by atoms with Crippen LogP contribution in [0.5, 0.6) is 11.8 Å². The minimum atomic E-state index is -0.691. The fraction of sp³-hybridized carbons (Fsp3) is 0.271. The van der Waals surface area contributed by atoms with E-state index in [1.807, 2.05) is 36.4 Å². The van der Waals surface area contributed by atoms with Crippen molar-refractivity contribution in [2.45, 2.75) is 57.6 Å². The average Bonchev–Trinajstić information content (AvgIpc) is 3.47. The van der Waals surface area contributed by atoms with Gasteiger partial charge in [0.05, 0.1) is 24.4 Å². The number of nitrogens with zero attached hydrogens (tertiary/aromatic N) is 6. The molecule has 3 N–H and O–H groups in total. The molecule has 3 aromatic heterocycles. The van der Waals surface area contributed by atoms with E-state index in [1.165, 1.54) is 52.2 Å². The van der Waals surface area contributed by atoms with E-state index in [1.54, 1.807) is 56.5 Å². The SMILES string of the molecule is CN1C(Cl)=CC=C(N2CCCc3ccccc32)C1O.COc1nc(Cl)ccc1Br.COc1nc(Cl)ccc1N1CCCc2ccccc21.O=c1[nH]c(Cl)ccc1N1CCCc2ccccc21.c1ccc2c(c1)CCCN2. The van der Waals surface area contributed by atoms with Gasteiger partial charge in [-0.1, -0.05) is 119 Å². The van der Waals surface area contributed by atoms with Crippen LogP contribution in [-0.4, -0.2) is 78.6 Å². The van der Waals surface area contributed by atoms with Gasteiger partial charge < -0.3 is 44.5 Å². The standard InChI is InChI=1S/C15H15ClN2O.C15H17ClN2O.C14H13ClN2O.C9H11N.C6H5BrClNO/c1-19-15-13(8-9-14(16)17-15)18-10-4-6-11-5-2-3-7-12(11)18;1-17-14(16)9-8-13(15(17)19)18-10-4-6-11-5-2-3-7-12(11)18;15-13-8-7-12(14(18)16-13)17-9-3-5-10-4-1-2-6-11(10)17;1-2-6-9-8(4-1)5-3-7-10-9;1-10-6-4(7)2-3-5(8)9-6/h2-3,5,7-9H,4,6,10H2,1H3;2-3,5,7-9,15,19H,4,6,10H2,1H3;1-2,4,6-8H,3,5,9H2,(H,16,18);1-2,4,6,10H,3,5,7H2;2-3H,1H3. The molecule has 4 aromatic carbocycles. The lowest BCUT2D eigenvalue weighted by Crippen LogP contribution is -2.42. The fourth-order valence-corrected chi connectivity index (χ4v) is 10.6. The van der Waals surface area contributed by atoms with E-state index in [0.29, 0.717) is 38.1 Å². The van der Waals surface area contributed by atoms with Crippen LogP contribution in [0.1, 0.15) is 47.9 Å². The first-order valence-electron chi connectivity index (χ1n) is 25.3. The number of hydrogen-bond acceptors (Lipinski definition) is 11. The third-order valence-corrected chi connectivity index (χ3v) is 15.0. The van der Waals surface area contributed by atoms with Gasteiger partial charge in [0.2, 0.25) is 11.8 Å². The Morgan fingerprint density at radius 2 is 1.05 bits per heavy atom. The molecule has 12 nitrogen and oxygen atoms in total. The molecule has 17 heteroatoms. The van der Waals surface area contributed by atoms with E-state index in [4.69, 9.17) is 55.9 Å². The average molecular weight is 1170 g/mol. The number of H-pyrrole nitrogens is 1. The number of aromatic nitrogens is 3. The highest BCUT2D eigenvalue weighted by molar-refractivity contribution is 9.10. The molecule has 396 valence electrons. The Bertz CT molecular complexity index is 3190. The summed E-state index contributed by atoms with van der Waals surface area (Å²) >= 11 is 26.6. The highest BCUT2D eigenvalue weighted by atomic mass is 79.9. The third kappa shape index (κ3) is 14.0. The summed E-state index contributed by atoms with van der Waals surface area (Å²) in [6.07, 6.45) is 12.1. The maximum atomic E-state index is 12.0. The van der Waals surface area contributed by atoms with Crippen molar-refractivity contribution in [3.63, 3.8) is 0 Å². The molecule has 5 aliphatic heterocycles. The molecule has 0 saturated carbocycles. The van der Waals surface area contributed by atoms with E-state index in [0.717, 1.165) is 86.2 Å². The second-order valence-corrected chi connectivity index (χ2v) is 20.6. The number of pyridine rings is 3. The number of anilines is 6. The first-order chi connectivity index (χ1) is 36.9. The molecule has 0 radical (unpaired) electrons. The number of methoxy groups -OCH3 is 2. The van der Waals surface area contributed by atoms with Crippen molar-refractivity contribution in [1.82, 2.24) is 19.9 Å². The van der Waals surface area contributed by atoms with E-state index in [2.05, 4.69) is 130 Å². The van der Waals surface area contributed by atoms with Crippen molar-refractivity contribution in [3.8, 4) is 11.8 Å².